The fraction of sp³-hybridized carbons (Fsp3) is 0.538. The van der Waals surface area contributed by atoms with Gasteiger partial charge in [0, 0.05) is 6.54 Å². The summed E-state index contributed by atoms with van der Waals surface area (Å²) in [5.74, 6) is 0.605. The third-order valence-corrected chi connectivity index (χ3v) is 5.12. The largest absolute Gasteiger partial charge is 0.501 e. The summed E-state index contributed by atoms with van der Waals surface area (Å²) >= 11 is 0. The molecule has 1 aromatic rings. The molecule has 20 heavy (non-hydrogen) atoms. The second kappa shape index (κ2) is 5.63. The number of rotatable bonds is 5. The highest BCUT2D eigenvalue weighted by atomic mass is 32.2. The maximum absolute atomic E-state index is 12.6. The topological polar surface area (TPSA) is 46.2 Å². The molecule has 1 aliphatic rings. The molecule has 1 fully saturated rings. The quantitative estimate of drug-likeness (QED) is 0.904. The van der Waals surface area contributed by atoms with E-state index in [1.54, 1.807) is 0 Å². The van der Waals surface area contributed by atoms with Gasteiger partial charge in [-0.25, -0.2) is 8.42 Å². The number of anilines is 1. The van der Waals surface area contributed by atoms with E-state index >= 15 is 0 Å². The Balaban J connectivity index is 2.13. The van der Waals surface area contributed by atoms with Crippen molar-refractivity contribution in [2.45, 2.75) is 36.1 Å². The molecule has 1 aromatic carbocycles. The van der Waals surface area contributed by atoms with Gasteiger partial charge in [-0.2, -0.15) is 13.2 Å². The molecule has 0 aromatic heterocycles. The summed E-state index contributed by atoms with van der Waals surface area (Å²) in [5, 5.41) is 2.81. The van der Waals surface area contributed by atoms with E-state index in [1.165, 1.54) is 24.6 Å². The van der Waals surface area contributed by atoms with Crippen LogP contribution in [0.4, 0.5) is 18.9 Å². The standard InChI is InChI=1S/C13H16F3NO2S/c14-13(15,16)20(18,19)12-7-2-1-6-11(12)17-9-8-10-4-3-5-10/h1-2,6-7,10,17H,3-5,8-9H2. The van der Waals surface area contributed by atoms with Crippen LogP contribution >= 0.6 is 0 Å². The first kappa shape index (κ1) is 15.2. The summed E-state index contributed by atoms with van der Waals surface area (Å²) in [5.41, 5.74) is -5.26. The van der Waals surface area contributed by atoms with E-state index in [0.29, 0.717) is 12.5 Å². The van der Waals surface area contributed by atoms with Crippen molar-refractivity contribution in [2.75, 3.05) is 11.9 Å². The van der Waals surface area contributed by atoms with Crippen molar-refractivity contribution >= 4 is 15.5 Å². The molecule has 0 aliphatic heterocycles. The van der Waals surface area contributed by atoms with Crippen molar-refractivity contribution < 1.29 is 21.6 Å². The fourth-order valence-electron chi connectivity index (χ4n) is 2.16. The van der Waals surface area contributed by atoms with E-state index in [1.807, 2.05) is 0 Å². The van der Waals surface area contributed by atoms with E-state index < -0.39 is 20.2 Å². The van der Waals surface area contributed by atoms with Gasteiger partial charge in [-0.3, -0.25) is 0 Å². The smallest absolute Gasteiger partial charge is 0.384 e. The number of nitrogens with one attached hydrogen (secondary N) is 1. The predicted molar refractivity (Wildman–Crippen MR) is 70.1 cm³/mol. The predicted octanol–water partition coefficient (Wildman–Crippen LogP) is 3.58. The van der Waals surface area contributed by atoms with Crippen LogP contribution in [0.25, 0.3) is 0 Å². The van der Waals surface area contributed by atoms with Gasteiger partial charge in [-0.05, 0) is 24.5 Å². The second-order valence-corrected chi connectivity index (χ2v) is 6.87. The van der Waals surface area contributed by atoms with Crippen LogP contribution in [0.1, 0.15) is 25.7 Å². The molecule has 7 heteroatoms. The number of alkyl halides is 3. The number of hydrogen-bond acceptors (Lipinski definition) is 3. The van der Waals surface area contributed by atoms with Crippen molar-refractivity contribution in [3.63, 3.8) is 0 Å². The molecule has 1 aliphatic carbocycles. The van der Waals surface area contributed by atoms with Gasteiger partial charge in [0.1, 0.15) is 0 Å². The van der Waals surface area contributed by atoms with Gasteiger partial charge < -0.3 is 5.32 Å². The first-order chi connectivity index (χ1) is 9.32. The summed E-state index contributed by atoms with van der Waals surface area (Å²) in [6, 6.07) is 5.14. The maximum Gasteiger partial charge on any atom is 0.501 e. The SMILES string of the molecule is O=S(=O)(c1ccccc1NCCC1CCC1)C(F)(F)F. The normalized spacial score (nSPS) is 16.8. The molecule has 0 radical (unpaired) electrons. The molecule has 0 saturated heterocycles. The highest BCUT2D eigenvalue weighted by Crippen LogP contribution is 2.34. The molecular formula is C13H16F3NO2S. The second-order valence-electron chi connectivity index (χ2n) is 4.96. The van der Waals surface area contributed by atoms with E-state index in [4.69, 9.17) is 0 Å². The molecule has 1 N–H and O–H groups in total. The highest BCUT2D eigenvalue weighted by molar-refractivity contribution is 7.92. The molecule has 0 atom stereocenters. The average Bonchev–Trinajstić information content (AvgIpc) is 2.31. The molecule has 0 bridgehead atoms. The Morgan fingerprint density at radius 2 is 1.85 bits per heavy atom. The fourth-order valence-corrected chi connectivity index (χ4v) is 3.10. The number of benzene rings is 1. The van der Waals surface area contributed by atoms with Crippen molar-refractivity contribution in [2.24, 2.45) is 5.92 Å². The van der Waals surface area contributed by atoms with Crippen LogP contribution < -0.4 is 5.32 Å². The summed E-state index contributed by atoms with van der Waals surface area (Å²) in [6.45, 7) is 0.481. The Bertz CT molecular complexity index is 565. The van der Waals surface area contributed by atoms with Crippen LogP contribution in [-0.2, 0) is 9.84 Å². The highest BCUT2D eigenvalue weighted by Gasteiger charge is 2.47. The molecule has 0 unspecified atom stereocenters. The molecule has 2 rings (SSSR count). The summed E-state index contributed by atoms with van der Waals surface area (Å²) in [7, 11) is -5.31. The minimum Gasteiger partial charge on any atom is -0.384 e. The molecule has 0 heterocycles. The molecular weight excluding hydrogens is 291 g/mol. The lowest BCUT2D eigenvalue weighted by atomic mass is 9.83. The zero-order valence-corrected chi connectivity index (χ0v) is 11.6. The first-order valence-electron chi connectivity index (χ1n) is 6.46. The number of para-hydroxylation sites is 1. The number of halogens is 3. The minimum absolute atomic E-state index is 0.0177. The zero-order valence-electron chi connectivity index (χ0n) is 10.8. The van der Waals surface area contributed by atoms with Gasteiger partial charge in [-0.15, -0.1) is 0 Å². The average molecular weight is 307 g/mol. The Kier molecular flexibility index (Phi) is 4.27. The molecule has 112 valence electrons. The van der Waals surface area contributed by atoms with Crippen LogP contribution in [0.15, 0.2) is 29.2 Å². The Morgan fingerprint density at radius 1 is 1.20 bits per heavy atom. The third-order valence-electron chi connectivity index (χ3n) is 3.57. The third kappa shape index (κ3) is 3.08. The van der Waals surface area contributed by atoms with Crippen molar-refractivity contribution in [3.8, 4) is 0 Å². The molecule has 0 amide bonds. The van der Waals surface area contributed by atoms with Crippen LogP contribution in [0.5, 0.6) is 0 Å². The molecule has 0 spiro atoms. The van der Waals surface area contributed by atoms with Crippen LogP contribution in [-0.4, -0.2) is 20.5 Å². The van der Waals surface area contributed by atoms with Gasteiger partial charge in [0.25, 0.3) is 9.84 Å². The zero-order chi connectivity index (χ0) is 14.8. The Labute approximate surface area is 116 Å². The van der Waals surface area contributed by atoms with Gasteiger partial charge in [0.05, 0.1) is 10.6 Å². The van der Waals surface area contributed by atoms with Gasteiger partial charge in [0.2, 0.25) is 0 Å². The van der Waals surface area contributed by atoms with E-state index in [-0.39, 0.29) is 5.69 Å². The van der Waals surface area contributed by atoms with E-state index in [0.717, 1.165) is 25.3 Å². The Hall–Kier alpha value is -1.24. The number of hydrogen-bond donors (Lipinski definition) is 1. The van der Waals surface area contributed by atoms with E-state index in [9.17, 15) is 21.6 Å². The van der Waals surface area contributed by atoms with Gasteiger partial charge in [0.15, 0.2) is 0 Å². The van der Waals surface area contributed by atoms with Crippen LogP contribution in [0.3, 0.4) is 0 Å². The van der Waals surface area contributed by atoms with Crippen molar-refractivity contribution in [1.82, 2.24) is 0 Å². The van der Waals surface area contributed by atoms with Gasteiger partial charge in [-0.1, -0.05) is 31.4 Å². The lowest BCUT2D eigenvalue weighted by Crippen LogP contribution is -2.24. The van der Waals surface area contributed by atoms with Gasteiger partial charge >= 0.3 is 5.51 Å². The lowest BCUT2D eigenvalue weighted by Gasteiger charge is -2.25. The lowest BCUT2D eigenvalue weighted by molar-refractivity contribution is -0.0435. The maximum atomic E-state index is 12.6. The number of sulfone groups is 1. The summed E-state index contributed by atoms with van der Waals surface area (Å²) in [4.78, 5) is -0.707. The van der Waals surface area contributed by atoms with Crippen molar-refractivity contribution in [1.29, 1.82) is 0 Å². The minimum atomic E-state index is -5.31. The summed E-state index contributed by atoms with van der Waals surface area (Å²) < 4.78 is 60.7. The summed E-state index contributed by atoms with van der Waals surface area (Å²) in [6.07, 6.45) is 4.33. The van der Waals surface area contributed by atoms with Crippen LogP contribution in [0, 0.1) is 5.92 Å². The van der Waals surface area contributed by atoms with Crippen LogP contribution in [0.2, 0.25) is 0 Å². The van der Waals surface area contributed by atoms with Crippen molar-refractivity contribution in [3.05, 3.63) is 24.3 Å². The Morgan fingerprint density at radius 3 is 2.40 bits per heavy atom. The van der Waals surface area contributed by atoms with E-state index in [2.05, 4.69) is 5.32 Å². The monoisotopic (exact) mass is 307 g/mol. The molecule has 3 nitrogen and oxygen atoms in total. The molecule has 1 saturated carbocycles. The first-order valence-corrected chi connectivity index (χ1v) is 7.95.